The van der Waals surface area contributed by atoms with Crippen molar-refractivity contribution in [3.63, 3.8) is 0 Å². The van der Waals surface area contributed by atoms with Gasteiger partial charge in [-0.3, -0.25) is 9.52 Å². The smallest absolute Gasteiger partial charge is 0.324 e. The summed E-state index contributed by atoms with van der Waals surface area (Å²) in [7, 11) is -2.07. The van der Waals surface area contributed by atoms with Crippen LogP contribution >= 0.6 is 0 Å². The molecule has 4 rings (SSSR count). The van der Waals surface area contributed by atoms with E-state index in [-0.39, 0.29) is 28.8 Å². The van der Waals surface area contributed by atoms with Crippen molar-refractivity contribution in [1.29, 1.82) is 0 Å². The molecule has 11 heteroatoms. The maximum absolute atomic E-state index is 14.0. The van der Waals surface area contributed by atoms with Crippen LogP contribution in [0.1, 0.15) is 18.4 Å². The quantitative estimate of drug-likeness (QED) is 0.622. The molecule has 1 aromatic carbocycles. The van der Waals surface area contributed by atoms with Gasteiger partial charge in [0.25, 0.3) is 5.56 Å². The molecule has 0 saturated heterocycles. The second kappa shape index (κ2) is 7.73. The maximum atomic E-state index is 14.0. The minimum Gasteiger partial charge on any atom is -0.421 e. The largest absolute Gasteiger partial charge is 0.421 e. The van der Waals surface area contributed by atoms with Gasteiger partial charge in [0.2, 0.25) is 10.0 Å². The van der Waals surface area contributed by atoms with Crippen LogP contribution in [0.5, 0.6) is 11.8 Å². The van der Waals surface area contributed by atoms with E-state index in [9.17, 15) is 22.0 Å². The van der Waals surface area contributed by atoms with Gasteiger partial charge in [0, 0.05) is 36.5 Å². The predicted molar refractivity (Wildman–Crippen MR) is 109 cm³/mol. The van der Waals surface area contributed by atoms with Crippen LogP contribution in [0.15, 0.2) is 41.3 Å². The van der Waals surface area contributed by atoms with Gasteiger partial charge in [0.05, 0.1) is 10.9 Å². The number of aromatic nitrogens is 3. The Balaban J connectivity index is 1.79. The van der Waals surface area contributed by atoms with Crippen molar-refractivity contribution in [2.24, 2.45) is 7.05 Å². The number of rotatable bonds is 6. The van der Waals surface area contributed by atoms with Gasteiger partial charge in [0.15, 0.2) is 11.6 Å². The second-order valence-corrected chi connectivity index (χ2v) is 9.23. The van der Waals surface area contributed by atoms with Crippen LogP contribution in [0, 0.1) is 18.6 Å². The van der Waals surface area contributed by atoms with E-state index in [1.165, 1.54) is 16.8 Å². The molecule has 1 aliphatic carbocycles. The van der Waals surface area contributed by atoms with Gasteiger partial charge < -0.3 is 9.30 Å². The fourth-order valence-electron chi connectivity index (χ4n) is 2.95. The molecule has 0 atom stereocenters. The average Bonchev–Trinajstić information content (AvgIpc) is 3.53. The van der Waals surface area contributed by atoms with Crippen LogP contribution in [0.3, 0.4) is 0 Å². The van der Waals surface area contributed by atoms with Gasteiger partial charge in [-0.15, -0.1) is 0 Å². The molecule has 1 saturated carbocycles. The van der Waals surface area contributed by atoms with Gasteiger partial charge >= 0.3 is 6.01 Å². The lowest BCUT2D eigenvalue weighted by molar-refractivity contribution is 0.409. The van der Waals surface area contributed by atoms with Crippen LogP contribution in [0.4, 0.5) is 14.6 Å². The first-order valence-electron chi connectivity index (χ1n) is 9.33. The molecule has 1 fully saturated rings. The average molecular weight is 448 g/mol. The number of hydrogen-bond donors (Lipinski definition) is 1. The van der Waals surface area contributed by atoms with Crippen LogP contribution < -0.4 is 15.0 Å². The summed E-state index contributed by atoms with van der Waals surface area (Å²) in [5, 5.41) is -0.496. The number of benzene rings is 1. The predicted octanol–water partition coefficient (Wildman–Crippen LogP) is 3.13. The highest BCUT2D eigenvalue weighted by molar-refractivity contribution is 7.93. The Morgan fingerprint density at radius 3 is 2.55 bits per heavy atom. The highest BCUT2D eigenvalue weighted by Gasteiger charge is 2.36. The van der Waals surface area contributed by atoms with E-state index in [0.29, 0.717) is 30.0 Å². The molecule has 0 amide bonds. The number of hydrogen-bond acceptors (Lipinski definition) is 6. The molecule has 31 heavy (non-hydrogen) atoms. The number of pyridine rings is 1. The van der Waals surface area contributed by atoms with Crippen molar-refractivity contribution in [1.82, 2.24) is 14.5 Å². The van der Waals surface area contributed by atoms with E-state index < -0.39 is 26.9 Å². The molecular weight excluding hydrogens is 430 g/mol. The van der Waals surface area contributed by atoms with Gasteiger partial charge in [0.1, 0.15) is 11.6 Å². The van der Waals surface area contributed by atoms with Crippen molar-refractivity contribution in [2.45, 2.75) is 25.0 Å². The summed E-state index contributed by atoms with van der Waals surface area (Å²) < 4.78 is 61.1. The Bertz CT molecular complexity index is 1310. The molecule has 8 nitrogen and oxygen atoms in total. The zero-order chi connectivity index (χ0) is 22.3. The molecular formula is C20H18F2N4O4S. The van der Waals surface area contributed by atoms with Crippen molar-refractivity contribution >= 4 is 15.8 Å². The normalized spacial score (nSPS) is 13.8. The first-order chi connectivity index (χ1) is 14.6. The Kier molecular flexibility index (Phi) is 5.21. The highest BCUT2D eigenvalue weighted by atomic mass is 32.2. The summed E-state index contributed by atoms with van der Waals surface area (Å²) in [4.78, 5) is 20.2. The first kappa shape index (κ1) is 20.9. The minimum atomic E-state index is -3.64. The number of ether oxygens (including phenoxy) is 1. The number of nitrogens with one attached hydrogen (secondary N) is 1. The molecule has 162 valence electrons. The molecule has 1 aliphatic rings. The SMILES string of the molecule is Cc1cc(-c2cc(NS(=O)(=O)C3CC3)nc(Oc3ccc(F)cc3F)n2)cn(C)c1=O. The summed E-state index contributed by atoms with van der Waals surface area (Å²) in [6.07, 6.45) is 2.63. The molecule has 0 aliphatic heterocycles. The third kappa shape index (κ3) is 4.55. The molecule has 0 spiro atoms. The molecule has 2 aromatic heterocycles. The number of aryl methyl sites for hydroxylation is 2. The Morgan fingerprint density at radius 1 is 1.16 bits per heavy atom. The van der Waals surface area contributed by atoms with E-state index in [4.69, 9.17) is 4.74 Å². The van der Waals surface area contributed by atoms with E-state index in [1.54, 1.807) is 20.0 Å². The lowest BCUT2D eigenvalue weighted by Crippen LogP contribution is -2.19. The Hall–Kier alpha value is -3.34. The lowest BCUT2D eigenvalue weighted by atomic mass is 10.1. The third-order valence-electron chi connectivity index (χ3n) is 4.67. The number of anilines is 1. The molecule has 1 N–H and O–H groups in total. The van der Waals surface area contributed by atoms with E-state index in [2.05, 4.69) is 14.7 Å². The summed E-state index contributed by atoms with van der Waals surface area (Å²) in [6.45, 7) is 1.63. The molecule has 0 unspecified atom stereocenters. The summed E-state index contributed by atoms with van der Waals surface area (Å²) in [5.41, 5.74) is 1.00. The summed E-state index contributed by atoms with van der Waals surface area (Å²) in [6, 6.07) is 5.37. The van der Waals surface area contributed by atoms with Crippen LogP contribution in [0.2, 0.25) is 0 Å². The third-order valence-corrected chi connectivity index (χ3v) is 6.51. The number of sulfonamides is 1. The molecule has 3 aromatic rings. The maximum Gasteiger partial charge on any atom is 0.324 e. The van der Waals surface area contributed by atoms with Crippen molar-refractivity contribution < 1.29 is 21.9 Å². The Morgan fingerprint density at radius 2 is 1.90 bits per heavy atom. The molecule has 0 bridgehead atoms. The van der Waals surface area contributed by atoms with E-state index in [0.717, 1.165) is 12.1 Å². The summed E-state index contributed by atoms with van der Waals surface area (Å²) >= 11 is 0. The van der Waals surface area contributed by atoms with Gasteiger partial charge in [-0.25, -0.2) is 17.2 Å². The highest BCUT2D eigenvalue weighted by Crippen LogP contribution is 2.31. The molecule has 2 heterocycles. The van der Waals surface area contributed by atoms with Crippen LogP contribution in [-0.4, -0.2) is 28.2 Å². The van der Waals surface area contributed by atoms with Crippen molar-refractivity contribution in [2.75, 3.05) is 4.72 Å². The zero-order valence-corrected chi connectivity index (χ0v) is 17.4. The van der Waals surface area contributed by atoms with Crippen molar-refractivity contribution in [3.05, 3.63) is 64.1 Å². The standard InChI is InChI=1S/C20H18F2N4O4S/c1-11-7-12(10-26(2)19(11)27)16-9-18(25-31(28,29)14-4-5-14)24-20(23-16)30-17-6-3-13(21)8-15(17)22/h3,6-10,14H,4-5H2,1-2H3,(H,23,24,25). The van der Waals surface area contributed by atoms with Gasteiger partial charge in [-0.05, 0) is 38.0 Å². The fraction of sp³-hybridized carbons (Fsp3) is 0.250. The molecule has 0 radical (unpaired) electrons. The van der Waals surface area contributed by atoms with Crippen LogP contribution in [-0.2, 0) is 17.1 Å². The zero-order valence-electron chi connectivity index (χ0n) is 16.6. The number of nitrogens with zero attached hydrogens (tertiary/aromatic N) is 3. The second-order valence-electron chi connectivity index (χ2n) is 7.27. The Labute approximate surface area is 176 Å². The minimum absolute atomic E-state index is 0.0686. The topological polar surface area (TPSA) is 103 Å². The van der Waals surface area contributed by atoms with E-state index >= 15 is 0 Å². The van der Waals surface area contributed by atoms with Gasteiger partial charge in [-0.2, -0.15) is 9.97 Å². The number of halogens is 2. The summed E-state index contributed by atoms with van der Waals surface area (Å²) in [5.74, 6) is -2.14. The van der Waals surface area contributed by atoms with Crippen molar-refractivity contribution in [3.8, 4) is 23.0 Å². The monoisotopic (exact) mass is 448 g/mol. The van der Waals surface area contributed by atoms with Gasteiger partial charge in [-0.1, -0.05) is 0 Å². The lowest BCUT2D eigenvalue weighted by Gasteiger charge is -2.12. The van der Waals surface area contributed by atoms with E-state index in [1.807, 2.05) is 0 Å². The first-order valence-corrected chi connectivity index (χ1v) is 10.9. The van der Waals surface area contributed by atoms with Crippen LogP contribution in [0.25, 0.3) is 11.3 Å². The fourth-order valence-corrected chi connectivity index (χ4v) is 4.27.